The van der Waals surface area contributed by atoms with E-state index >= 15 is 0 Å². The number of benzene rings is 1. The van der Waals surface area contributed by atoms with Crippen LogP contribution in [0.3, 0.4) is 0 Å². The first-order valence-corrected chi connectivity index (χ1v) is 12.5. The second-order valence-electron chi connectivity index (χ2n) is 8.68. The number of sulfone groups is 1. The minimum absolute atomic E-state index is 0.389. The van der Waals surface area contributed by atoms with Crippen LogP contribution >= 0.6 is 0 Å². The van der Waals surface area contributed by atoms with Gasteiger partial charge in [-0.2, -0.15) is 0 Å². The van der Waals surface area contributed by atoms with Crippen molar-refractivity contribution >= 4 is 9.84 Å². The van der Waals surface area contributed by atoms with Crippen LogP contribution in [-0.2, 0) is 9.84 Å². The van der Waals surface area contributed by atoms with Crippen molar-refractivity contribution in [2.75, 3.05) is 6.26 Å². The van der Waals surface area contributed by atoms with Crippen LogP contribution in [0, 0.1) is 19.9 Å². The maximum absolute atomic E-state index is 12.7. The summed E-state index contributed by atoms with van der Waals surface area (Å²) in [5.41, 5.74) is 4.84. The van der Waals surface area contributed by atoms with E-state index in [2.05, 4.69) is 19.9 Å². The highest BCUT2D eigenvalue weighted by atomic mass is 32.2. The number of hydrogen-bond acceptors (Lipinski definition) is 2. The number of hydrogen-bond donors (Lipinski definition) is 0. The van der Waals surface area contributed by atoms with Crippen molar-refractivity contribution in [2.24, 2.45) is 0 Å². The summed E-state index contributed by atoms with van der Waals surface area (Å²) in [7, 11) is -3.26. The largest absolute Gasteiger partial charge is 0.224 e. The molecule has 0 aromatic heterocycles. The first-order chi connectivity index (χ1) is 12.4. The van der Waals surface area contributed by atoms with Gasteiger partial charge in [0.1, 0.15) is 0 Å². The van der Waals surface area contributed by atoms with E-state index in [0.717, 1.165) is 18.4 Å². The molecular weight excluding hydrogens is 340 g/mol. The average Bonchev–Trinajstić information content (AvgIpc) is 3.01. The van der Waals surface area contributed by atoms with Gasteiger partial charge in [0.2, 0.25) is 0 Å². The summed E-state index contributed by atoms with van der Waals surface area (Å²) in [4.78, 5) is 0.520. The van der Waals surface area contributed by atoms with Crippen LogP contribution in [0.4, 0.5) is 0 Å². The summed E-state index contributed by atoms with van der Waals surface area (Å²) < 4.78 is 25.4. The summed E-state index contributed by atoms with van der Waals surface area (Å²) >= 11 is 0. The fraction of sp³-hybridized carbons (Fsp3) is 0.739. The van der Waals surface area contributed by atoms with E-state index in [4.69, 9.17) is 0 Å². The Labute approximate surface area is 160 Å². The van der Waals surface area contributed by atoms with Gasteiger partial charge in [-0.3, -0.25) is 0 Å². The van der Waals surface area contributed by atoms with Gasteiger partial charge in [-0.15, -0.1) is 0 Å². The van der Waals surface area contributed by atoms with E-state index in [9.17, 15) is 8.42 Å². The second kappa shape index (κ2) is 8.46. The summed E-state index contributed by atoms with van der Waals surface area (Å²) in [5.74, 6) is 0.875. The van der Waals surface area contributed by atoms with Crippen molar-refractivity contribution in [3.8, 4) is 0 Å². The molecule has 0 atom stereocenters. The summed E-state index contributed by atoms with van der Waals surface area (Å²) in [5, 5.41) is 0. The van der Waals surface area contributed by atoms with Gasteiger partial charge in [-0.05, 0) is 73.6 Å². The Morgan fingerprint density at radius 2 is 1.19 bits per heavy atom. The number of rotatable bonds is 3. The Balaban J connectivity index is 2.10. The standard InChI is InChI=1S/C23H35O2S/c1-17-18(2)23(20-14-10-6-7-11-15-20)22(26(3,24)25)16-21(17)19-12-8-4-5-9-13-19/h19-20H,4-15H2,1-3H3. The van der Waals surface area contributed by atoms with Crippen molar-refractivity contribution in [1.82, 2.24) is 0 Å². The third-order valence-electron chi connectivity index (χ3n) is 6.76. The van der Waals surface area contributed by atoms with Crippen molar-refractivity contribution in [2.45, 2.75) is 108 Å². The molecule has 0 saturated heterocycles. The predicted octanol–water partition coefficient (Wildman–Crippen LogP) is 6.38. The van der Waals surface area contributed by atoms with Crippen molar-refractivity contribution in [3.05, 3.63) is 28.3 Å². The maximum atomic E-state index is 12.7. The van der Waals surface area contributed by atoms with E-state index in [1.54, 1.807) is 0 Å². The van der Waals surface area contributed by atoms with E-state index in [1.165, 1.54) is 87.2 Å². The third kappa shape index (κ3) is 4.35. The van der Waals surface area contributed by atoms with Crippen LogP contribution in [0.15, 0.2) is 4.90 Å². The molecule has 0 unspecified atom stereocenters. The van der Waals surface area contributed by atoms with E-state index in [-0.39, 0.29) is 0 Å². The molecule has 2 aliphatic carbocycles. The minimum atomic E-state index is -3.26. The highest BCUT2D eigenvalue weighted by Crippen LogP contribution is 2.42. The zero-order valence-electron chi connectivity index (χ0n) is 16.9. The minimum Gasteiger partial charge on any atom is -0.224 e. The van der Waals surface area contributed by atoms with E-state index in [1.807, 2.05) is 0 Å². The third-order valence-corrected chi connectivity index (χ3v) is 7.82. The zero-order valence-corrected chi connectivity index (χ0v) is 17.7. The van der Waals surface area contributed by atoms with Crippen molar-refractivity contribution < 1.29 is 8.42 Å². The van der Waals surface area contributed by atoms with Crippen LogP contribution in [0.5, 0.6) is 0 Å². The molecule has 0 N–H and O–H groups in total. The molecule has 0 bridgehead atoms. The second-order valence-corrected chi connectivity index (χ2v) is 10.6. The van der Waals surface area contributed by atoms with Crippen LogP contribution in [0.25, 0.3) is 0 Å². The highest BCUT2D eigenvalue weighted by Gasteiger charge is 2.28. The molecule has 2 nitrogen and oxygen atoms in total. The lowest BCUT2D eigenvalue weighted by Crippen LogP contribution is -2.14. The fourth-order valence-corrected chi connectivity index (χ4v) is 6.20. The topological polar surface area (TPSA) is 34.1 Å². The fourth-order valence-electron chi connectivity index (χ4n) is 5.19. The molecule has 3 rings (SSSR count). The molecule has 2 aliphatic rings. The molecule has 2 fully saturated rings. The van der Waals surface area contributed by atoms with Crippen molar-refractivity contribution in [1.29, 1.82) is 0 Å². The molecule has 145 valence electrons. The quantitative estimate of drug-likeness (QED) is 0.574. The van der Waals surface area contributed by atoms with Gasteiger partial charge in [0.05, 0.1) is 4.90 Å². The van der Waals surface area contributed by atoms with E-state index in [0.29, 0.717) is 16.7 Å². The molecule has 1 aromatic rings. The SMILES string of the molecule is Cc1c(C2CCCCCC2)[c]c(S(C)(=O)=O)c(C2CCCCCC2)c1C. The monoisotopic (exact) mass is 375 g/mol. The van der Waals surface area contributed by atoms with Crippen molar-refractivity contribution in [3.63, 3.8) is 0 Å². The van der Waals surface area contributed by atoms with Crippen LogP contribution < -0.4 is 0 Å². The van der Waals surface area contributed by atoms with Gasteiger partial charge in [-0.1, -0.05) is 51.4 Å². The smallest absolute Gasteiger partial charge is 0.176 e. The maximum Gasteiger partial charge on any atom is 0.176 e. The van der Waals surface area contributed by atoms with E-state index < -0.39 is 9.84 Å². The Morgan fingerprint density at radius 3 is 1.65 bits per heavy atom. The van der Waals surface area contributed by atoms with Gasteiger partial charge in [0.15, 0.2) is 9.84 Å². The molecule has 26 heavy (non-hydrogen) atoms. The molecule has 2 saturated carbocycles. The molecule has 0 amide bonds. The molecule has 1 radical (unpaired) electrons. The lowest BCUT2D eigenvalue weighted by molar-refractivity contribution is 0.559. The first kappa shape index (κ1) is 19.9. The Bertz CT molecular complexity index is 717. The molecular formula is C23H35O2S. The summed E-state index contributed by atoms with van der Waals surface area (Å²) in [6.45, 7) is 4.37. The van der Waals surface area contributed by atoms with Crippen LogP contribution in [0.2, 0.25) is 0 Å². The van der Waals surface area contributed by atoms with Crippen LogP contribution in [-0.4, -0.2) is 14.7 Å². The Hall–Kier alpha value is -0.830. The van der Waals surface area contributed by atoms with Gasteiger partial charge in [0, 0.05) is 12.3 Å². The molecule has 0 aliphatic heterocycles. The lowest BCUT2D eigenvalue weighted by Gasteiger charge is -2.26. The van der Waals surface area contributed by atoms with Gasteiger partial charge >= 0.3 is 0 Å². The Morgan fingerprint density at radius 1 is 0.731 bits per heavy atom. The lowest BCUT2D eigenvalue weighted by atomic mass is 9.81. The molecule has 1 aromatic carbocycles. The average molecular weight is 376 g/mol. The normalized spacial score (nSPS) is 21.3. The highest BCUT2D eigenvalue weighted by molar-refractivity contribution is 7.90. The first-order valence-electron chi connectivity index (χ1n) is 10.7. The Kier molecular flexibility index (Phi) is 6.48. The molecule has 3 heteroatoms. The zero-order chi connectivity index (χ0) is 18.7. The molecule has 0 spiro atoms. The van der Waals surface area contributed by atoms with Gasteiger partial charge < -0.3 is 0 Å². The summed E-state index contributed by atoms with van der Waals surface area (Å²) in [6, 6.07) is 3.49. The molecule has 0 heterocycles. The van der Waals surface area contributed by atoms with Gasteiger partial charge in [-0.25, -0.2) is 8.42 Å². The van der Waals surface area contributed by atoms with Gasteiger partial charge in [0.25, 0.3) is 0 Å². The summed E-state index contributed by atoms with van der Waals surface area (Å²) in [6.07, 6.45) is 16.1. The van der Waals surface area contributed by atoms with Crippen LogP contribution in [0.1, 0.15) is 111 Å². The predicted molar refractivity (Wildman–Crippen MR) is 109 cm³/mol.